The first-order chi connectivity index (χ1) is 27.1. The van der Waals surface area contributed by atoms with Gasteiger partial charge in [0.1, 0.15) is 13.2 Å². The van der Waals surface area contributed by atoms with Gasteiger partial charge in [-0.05, 0) is 32.2 Å². The normalized spacial score (nSPS) is 13.4. The summed E-state index contributed by atoms with van der Waals surface area (Å²) in [4.78, 5) is 59.8. The van der Waals surface area contributed by atoms with Crippen LogP contribution in [0.4, 0.5) is 0 Å². The van der Waals surface area contributed by atoms with Gasteiger partial charge in [0, 0.05) is 25.7 Å². The molecule has 0 aromatic carbocycles. The Morgan fingerprint density at radius 2 is 0.768 bits per heavy atom. The third-order valence-corrected chi connectivity index (χ3v) is 10.3. The van der Waals surface area contributed by atoms with Crippen LogP contribution in [0, 0.1) is 0 Å². The number of unbranched alkanes of at least 4 members (excludes halogenated alkanes) is 20. The summed E-state index contributed by atoms with van der Waals surface area (Å²) in [7, 11) is -4.78. The number of carbonyl (C=O) groups is 4. The van der Waals surface area contributed by atoms with Crippen molar-refractivity contribution in [2.75, 3.05) is 33.0 Å². The first-order valence-corrected chi connectivity index (χ1v) is 23.6. The van der Waals surface area contributed by atoms with Crippen LogP contribution in [0.15, 0.2) is 0 Å². The van der Waals surface area contributed by atoms with Gasteiger partial charge in [-0.1, -0.05) is 149 Å². The first kappa shape index (κ1) is 53.9. The summed E-state index contributed by atoms with van der Waals surface area (Å²) < 4.78 is 44.4. The fourth-order valence-corrected chi connectivity index (χ4v) is 6.73. The van der Waals surface area contributed by atoms with Crippen molar-refractivity contribution in [1.29, 1.82) is 0 Å². The van der Waals surface area contributed by atoms with Crippen LogP contribution in [0.1, 0.15) is 201 Å². The predicted molar refractivity (Wildman–Crippen MR) is 219 cm³/mol. The summed E-state index contributed by atoms with van der Waals surface area (Å²) in [6, 6.07) is 0. The molecular formula is C42H80NO12P. The van der Waals surface area contributed by atoms with Crippen LogP contribution < -0.4 is 5.73 Å². The molecule has 0 rings (SSSR count). The van der Waals surface area contributed by atoms with Crippen LogP contribution in [0.3, 0.4) is 0 Å². The highest BCUT2D eigenvalue weighted by molar-refractivity contribution is 7.47. The lowest BCUT2D eigenvalue weighted by Gasteiger charge is -2.22. The molecule has 0 saturated heterocycles. The second-order valence-electron chi connectivity index (χ2n) is 14.9. The molecule has 56 heavy (non-hydrogen) atoms. The minimum absolute atomic E-state index is 0.0673. The molecule has 0 spiro atoms. The fraction of sp³-hybridized carbons (Fsp3) is 0.905. The van der Waals surface area contributed by atoms with E-state index in [-0.39, 0.29) is 32.3 Å². The molecule has 0 amide bonds. The molecule has 0 aromatic heterocycles. The van der Waals surface area contributed by atoms with Crippen molar-refractivity contribution in [2.45, 2.75) is 213 Å². The molecule has 330 valence electrons. The summed E-state index contributed by atoms with van der Waals surface area (Å²) in [6.45, 7) is 4.58. The number of hydrogen-bond acceptors (Lipinski definition) is 12. The number of nitrogens with two attached hydrogens (primary N) is 1. The molecular weight excluding hydrogens is 741 g/mol. The predicted octanol–water partition coefficient (Wildman–Crippen LogP) is 9.97. The van der Waals surface area contributed by atoms with Crippen molar-refractivity contribution in [1.82, 2.24) is 0 Å². The van der Waals surface area contributed by atoms with E-state index in [0.717, 1.165) is 38.5 Å². The third-order valence-electron chi connectivity index (χ3n) is 9.31. The molecule has 0 radical (unpaired) electrons. The van der Waals surface area contributed by atoms with Crippen LogP contribution >= 0.6 is 7.82 Å². The smallest absolute Gasteiger partial charge is 0.462 e. The molecule has 14 heteroatoms. The zero-order chi connectivity index (χ0) is 41.5. The Balaban J connectivity index is 4.97. The van der Waals surface area contributed by atoms with Gasteiger partial charge in [-0.25, -0.2) is 4.57 Å². The third kappa shape index (κ3) is 36.3. The van der Waals surface area contributed by atoms with Crippen LogP contribution in [0.5, 0.6) is 0 Å². The average molecular weight is 822 g/mol. The number of ether oxygens (including phenoxy) is 4. The number of hydrogen-bond donors (Lipinski definition) is 2. The Hall–Kier alpha value is -2.05. The number of rotatable bonds is 41. The van der Waals surface area contributed by atoms with Gasteiger partial charge in [0.2, 0.25) is 0 Å². The monoisotopic (exact) mass is 822 g/mol. The number of carbonyl (C=O) groups excluding carboxylic acids is 4. The molecule has 0 bridgehead atoms. The lowest BCUT2D eigenvalue weighted by atomic mass is 10.1. The zero-order valence-corrected chi connectivity index (χ0v) is 36.3. The quantitative estimate of drug-likeness (QED) is 0.0257. The molecule has 0 aliphatic carbocycles. The topological polar surface area (TPSA) is 187 Å². The summed E-state index contributed by atoms with van der Waals surface area (Å²) in [6.07, 6.45) is 24.3. The molecule has 0 aliphatic rings. The van der Waals surface area contributed by atoms with E-state index >= 15 is 0 Å². The summed E-state index contributed by atoms with van der Waals surface area (Å²) in [5, 5.41) is 0. The highest BCUT2D eigenvalue weighted by atomic mass is 31.2. The van der Waals surface area contributed by atoms with E-state index in [1.54, 1.807) is 6.92 Å². The van der Waals surface area contributed by atoms with Crippen molar-refractivity contribution in [3.8, 4) is 0 Å². The first-order valence-electron chi connectivity index (χ1n) is 22.1. The van der Waals surface area contributed by atoms with Crippen LogP contribution in [0.2, 0.25) is 0 Å². The van der Waals surface area contributed by atoms with Crippen molar-refractivity contribution >= 4 is 31.7 Å². The van der Waals surface area contributed by atoms with Crippen molar-refractivity contribution in [3.63, 3.8) is 0 Å². The van der Waals surface area contributed by atoms with Crippen LogP contribution in [-0.4, -0.2) is 74.0 Å². The number of esters is 4. The van der Waals surface area contributed by atoms with Crippen molar-refractivity contribution in [2.24, 2.45) is 5.73 Å². The van der Waals surface area contributed by atoms with Gasteiger partial charge in [-0.2, -0.15) is 0 Å². The second-order valence-corrected chi connectivity index (χ2v) is 16.3. The minimum atomic E-state index is -4.78. The van der Waals surface area contributed by atoms with Gasteiger partial charge >= 0.3 is 31.7 Å². The van der Waals surface area contributed by atoms with Gasteiger partial charge in [0.05, 0.1) is 13.2 Å². The minimum Gasteiger partial charge on any atom is -0.462 e. The van der Waals surface area contributed by atoms with E-state index < -0.39 is 63.7 Å². The molecule has 3 atom stereocenters. The standard InChI is InChI=1S/C42H80NO12P/c1-4-7-9-11-13-15-17-19-21-23-25-29-39(44)50-34-38(55-42(47)30-26-24-22-20-18-16-14-12-10-8-5-2)36-53-56(48,49)52-35-37(54-41(46)28-6-3)33-51-40(45)31-27-32-43/h37-38H,4-36,43H2,1-3H3,(H,48,49)/t37?,38-/m1/s1. The molecule has 0 aliphatic heterocycles. The van der Waals surface area contributed by atoms with Crippen LogP contribution in [0.25, 0.3) is 0 Å². The molecule has 0 saturated carbocycles. The Morgan fingerprint density at radius 3 is 1.12 bits per heavy atom. The second kappa shape index (κ2) is 38.5. The Labute approximate surface area is 339 Å². The van der Waals surface area contributed by atoms with E-state index in [2.05, 4.69) is 13.8 Å². The SMILES string of the molecule is CCCCCCCCCCCCCC(=O)OC[C@H](COP(=O)(O)OCC(COC(=O)CCCN)OC(=O)CCC)OC(=O)CCCCCCCCCCCCC. The van der Waals surface area contributed by atoms with E-state index in [1.165, 1.54) is 89.9 Å². The van der Waals surface area contributed by atoms with Crippen molar-refractivity contribution in [3.05, 3.63) is 0 Å². The highest BCUT2D eigenvalue weighted by Crippen LogP contribution is 2.43. The highest BCUT2D eigenvalue weighted by Gasteiger charge is 2.29. The molecule has 0 aromatic rings. The summed E-state index contributed by atoms with van der Waals surface area (Å²) in [5.74, 6) is -2.13. The maximum Gasteiger partial charge on any atom is 0.472 e. The van der Waals surface area contributed by atoms with E-state index in [4.69, 9.17) is 33.7 Å². The fourth-order valence-electron chi connectivity index (χ4n) is 5.95. The van der Waals surface area contributed by atoms with Gasteiger partial charge in [0.25, 0.3) is 0 Å². The Kier molecular flexibility index (Phi) is 37.1. The molecule has 3 N–H and O–H groups in total. The number of phosphoric acid groups is 1. The number of phosphoric ester groups is 1. The molecule has 0 fully saturated rings. The molecule has 0 heterocycles. The van der Waals surface area contributed by atoms with Crippen molar-refractivity contribution < 1.29 is 56.6 Å². The van der Waals surface area contributed by atoms with Crippen LogP contribution in [-0.2, 0) is 51.7 Å². The maximum absolute atomic E-state index is 12.9. The summed E-state index contributed by atoms with van der Waals surface area (Å²) >= 11 is 0. The lowest BCUT2D eigenvalue weighted by Crippen LogP contribution is -2.31. The average Bonchev–Trinajstić information content (AvgIpc) is 3.17. The maximum atomic E-state index is 12.9. The largest absolute Gasteiger partial charge is 0.472 e. The lowest BCUT2D eigenvalue weighted by molar-refractivity contribution is -0.162. The van der Waals surface area contributed by atoms with E-state index in [9.17, 15) is 28.6 Å². The van der Waals surface area contributed by atoms with Gasteiger partial charge in [0.15, 0.2) is 12.2 Å². The molecule has 13 nitrogen and oxygen atoms in total. The van der Waals surface area contributed by atoms with Gasteiger partial charge in [-0.15, -0.1) is 0 Å². The van der Waals surface area contributed by atoms with E-state index in [1.807, 2.05) is 0 Å². The summed E-state index contributed by atoms with van der Waals surface area (Å²) in [5.41, 5.74) is 5.43. The Morgan fingerprint density at radius 1 is 0.446 bits per heavy atom. The Bertz CT molecular complexity index is 1030. The van der Waals surface area contributed by atoms with Gasteiger partial charge in [-0.3, -0.25) is 28.2 Å². The van der Waals surface area contributed by atoms with E-state index in [0.29, 0.717) is 32.2 Å². The van der Waals surface area contributed by atoms with Gasteiger partial charge < -0.3 is 29.6 Å². The zero-order valence-electron chi connectivity index (χ0n) is 35.5. The molecule has 2 unspecified atom stereocenters.